The largest absolute Gasteiger partial charge is 0.330 e. The predicted octanol–water partition coefficient (Wildman–Crippen LogP) is 3.38. The molecule has 0 fully saturated rings. The highest BCUT2D eigenvalue weighted by Crippen LogP contribution is 2.20. The summed E-state index contributed by atoms with van der Waals surface area (Å²) >= 11 is 9.32. The van der Waals surface area contributed by atoms with Crippen LogP contribution >= 0.6 is 27.5 Å². The summed E-state index contributed by atoms with van der Waals surface area (Å²) in [7, 11) is 0. The number of unbranched alkanes of at least 4 members (excludes halogenated alkanes) is 1. The van der Waals surface area contributed by atoms with Crippen LogP contribution in [0.4, 0.5) is 0 Å². The Balaban J connectivity index is 2.56. The molecule has 72 valence electrons. The van der Waals surface area contributed by atoms with Crippen LogP contribution in [0.2, 0.25) is 5.02 Å². The minimum Gasteiger partial charge on any atom is -0.330 e. The van der Waals surface area contributed by atoms with Crippen LogP contribution in [0.5, 0.6) is 0 Å². The second-order valence-electron chi connectivity index (χ2n) is 3.02. The Kier molecular flexibility index (Phi) is 4.78. The van der Waals surface area contributed by atoms with Gasteiger partial charge in [0.25, 0.3) is 0 Å². The monoisotopic (exact) mass is 261 g/mol. The number of hydrogen-bond donors (Lipinski definition) is 1. The molecule has 0 aliphatic rings. The summed E-state index contributed by atoms with van der Waals surface area (Å²) in [5.74, 6) is 0. The van der Waals surface area contributed by atoms with Crippen LogP contribution in [-0.4, -0.2) is 6.54 Å². The number of rotatable bonds is 4. The Morgan fingerprint density at radius 3 is 2.62 bits per heavy atom. The van der Waals surface area contributed by atoms with Gasteiger partial charge in [-0.3, -0.25) is 0 Å². The molecule has 0 atom stereocenters. The maximum atomic E-state index is 5.91. The molecule has 0 amide bonds. The van der Waals surface area contributed by atoms with E-state index in [9.17, 15) is 0 Å². The summed E-state index contributed by atoms with van der Waals surface area (Å²) in [6.07, 6.45) is 3.25. The number of halogens is 2. The van der Waals surface area contributed by atoms with Crippen molar-refractivity contribution < 1.29 is 0 Å². The molecule has 0 unspecified atom stereocenters. The van der Waals surface area contributed by atoms with E-state index in [1.807, 2.05) is 12.1 Å². The summed E-state index contributed by atoms with van der Waals surface area (Å²) in [5, 5.41) is 0.789. The van der Waals surface area contributed by atoms with E-state index in [0.29, 0.717) is 0 Å². The highest BCUT2D eigenvalue weighted by molar-refractivity contribution is 9.10. The molecule has 0 spiro atoms. The van der Waals surface area contributed by atoms with E-state index in [1.165, 1.54) is 5.56 Å². The highest BCUT2D eigenvalue weighted by atomic mass is 79.9. The Hall–Kier alpha value is -0.0500. The van der Waals surface area contributed by atoms with E-state index in [-0.39, 0.29) is 0 Å². The molecule has 1 aromatic rings. The van der Waals surface area contributed by atoms with E-state index in [0.717, 1.165) is 35.3 Å². The lowest BCUT2D eigenvalue weighted by Crippen LogP contribution is -1.98. The first kappa shape index (κ1) is 11.0. The lowest BCUT2D eigenvalue weighted by Gasteiger charge is -2.02. The van der Waals surface area contributed by atoms with Gasteiger partial charge in [-0.1, -0.05) is 27.5 Å². The van der Waals surface area contributed by atoms with Crippen LogP contribution in [0.15, 0.2) is 22.7 Å². The fraction of sp³-hybridized carbons (Fsp3) is 0.400. The van der Waals surface area contributed by atoms with Crippen molar-refractivity contribution in [3.05, 3.63) is 33.3 Å². The molecule has 13 heavy (non-hydrogen) atoms. The van der Waals surface area contributed by atoms with Crippen molar-refractivity contribution in [3.63, 3.8) is 0 Å². The second kappa shape index (κ2) is 5.63. The Bertz CT molecular complexity index is 255. The van der Waals surface area contributed by atoms with E-state index in [1.54, 1.807) is 0 Å². The fourth-order valence-electron chi connectivity index (χ4n) is 1.23. The third kappa shape index (κ3) is 4.12. The molecule has 2 N–H and O–H groups in total. The van der Waals surface area contributed by atoms with Crippen LogP contribution in [0.1, 0.15) is 18.4 Å². The molecule has 0 heterocycles. The maximum absolute atomic E-state index is 5.91. The maximum Gasteiger partial charge on any atom is 0.0419 e. The average molecular weight is 263 g/mol. The average Bonchev–Trinajstić information content (AvgIpc) is 2.03. The van der Waals surface area contributed by atoms with Crippen LogP contribution in [0.3, 0.4) is 0 Å². The second-order valence-corrected chi connectivity index (χ2v) is 4.38. The lowest BCUT2D eigenvalue weighted by atomic mass is 10.1. The summed E-state index contributed by atoms with van der Waals surface area (Å²) in [4.78, 5) is 0. The standard InChI is InChI=1S/C10H13BrClN/c11-9-5-8(3-1-2-4-13)6-10(12)7-9/h5-7H,1-4,13H2. The highest BCUT2D eigenvalue weighted by Gasteiger charge is 1.97. The van der Waals surface area contributed by atoms with Gasteiger partial charge < -0.3 is 5.73 Å². The van der Waals surface area contributed by atoms with Crippen LogP contribution in [-0.2, 0) is 6.42 Å². The zero-order valence-electron chi connectivity index (χ0n) is 7.39. The van der Waals surface area contributed by atoms with Gasteiger partial charge in [0.05, 0.1) is 0 Å². The summed E-state index contributed by atoms with van der Waals surface area (Å²) in [6.45, 7) is 0.766. The van der Waals surface area contributed by atoms with Gasteiger partial charge in [-0.2, -0.15) is 0 Å². The molecule has 3 heteroatoms. The van der Waals surface area contributed by atoms with Crippen molar-refractivity contribution in [1.82, 2.24) is 0 Å². The topological polar surface area (TPSA) is 26.0 Å². The van der Waals surface area contributed by atoms with Crippen LogP contribution in [0, 0.1) is 0 Å². The molecule has 0 radical (unpaired) electrons. The molecule has 0 aliphatic heterocycles. The minimum atomic E-state index is 0.766. The summed E-state index contributed by atoms with van der Waals surface area (Å²) in [6, 6.07) is 6.00. The van der Waals surface area contributed by atoms with Gasteiger partial charge in [-0.25, -0.2) is 0 Å². The van der Waals surface area contributed by atoms with Crippen LogP contribution in [0.25, 0.3) is 0 Å². The molecular formula is C10H13BrClN. The lowest BCUT2D eigenvalue weighted by molar-refractivity contribution is 0.744. The zero-order valence-corrected chi connectivity index (χ0v) is 9.74. The number of hydrogen-bond acceptors (Lipinski definition) is 1. The van der Waals surface area contributed by atoms with E-state index in [2.05, 4.69) is 22.0 Å². The first-order valence-corrected chi connectivity index (χ1v) is 5.54. The molecule has 0 aliphatic carbocycles. The summed E-state index contributed by atoms with van der Waals surface area (Å²) < 4.78 is 1.04. The number of benzene rings is 1. The smallest absolute Gasteiger partial charge is 0.0419 e. The van der Waals surface area contributed by atoms with Gasteiger partial charge in [-0.05, 0) is 49.6 Å². The van der Waals surface area contributed by atoms with Crippen molar-refractivity contribution in [2.45, 2.75) is 19.3 Å². The quantitative estimate of drug-likeness (QED) is 0.827. The summed E-state index contributed by atoms with van der Waals surface area (Å²) in [5.41, 5.74) is 6.69. The van der Waals surface area contributed by atoms with Crippen molar-refractivity contribution in [2.24, 2.45) is 5.73 Å². The molecule has 1 rings (SSSR count). The predicted molar refractivity (Wildman–Crippen MR) is 61.1 cm³/mol. The molecule has 0 saturated heterocycles. The van der Waals surface area contributed by atoms with Crippen molar-refractivity contribution in [1.29, 1.82) is 0 Å². The molecule has 0 saturated carbocycles. The van der Waals surface area contributed by atoms with Crippen molar-refractivity contribution in [2.75, 3.05) is 6.54 Å². The minimum absolute atomic E-state index is 0.766. The van der Waals surface area contributed by atoms with Gasteiger partial charge in [0, 0.05) is 9.50 Å². The molecule has 0 aromatic heterocycles. The van der Waals surface area contributed by atoms with Crippen molar-refractivity contribution >= 4 is 27.5 Å². The van der Waals surface area contributed by atoms with Gasteiger partial charge in [-0.15, -0.1) is 0 Å². The van der Waals surface area contributed by atoms with Gasteiger partial charge in [0.2, 0.25) is 0 Å². The molecule has 1 nitrogen and oxygen atoms in total. The van der Waals surface area contributed by atoms with E-state index in [4.69, 9.17) is 17.3 Å². The Morgan fingerprint density at radius 2 is 2.00 bits per heavy atom. The van der Waals surface area contributed by atoms with E-state index >= 15 is 0 Å². The Labute approximate surface area is 92.4 Å². The third-order valence-electron chi connectivity index (χ3n) is 1.84. The zero-order chi connectivity index (χ0) is 9.68. The SMILES string of the molecule is NCCCCc1cc(Cl)cc(Br)c1. The first-order chi connectivity index (χ1) is 6.22. The molecular weight excluding hydrogens is 249 g/mol. The third-order valence-corrected chi connectivity index (χ3v) is 2.52. The number of aryl methyl sites for hydroxylation is 1. The Morgan fingerprint density at radius 1 is 1.23 bits per heavy atom. The first-order valence-electron chi connectivity index (χ1n) is 4.37. The number of nitrogens with two attached hydrogens (primary N) is 1. The van der Waals surface area contributed by atoms with Gasteiger partial charge >= 0.3 is 0 Å². The normalized spacial score (nSPS) is 10.4. The van der Waals surface area contributed by atoms with Gasteiger partial charge in [0.1, 0.15) is 0 Å². The van der Waals surface area contributed by atoms with E-state index < -0.39 is 0 Å². The molecule has 0 bridgehead atoms. The van der Waals surface area contributed by atoms with Crippen LogP contribution < -0.4 is 5.73 Å². The van der Waals surface area contributed by atoms with Crippen molar-refractivity contribution in [3.8, 4) is 0 Å². The molecule has 1 aromatic carbocycles. The van der Waals surface area contributed by atoms with Gasteiger partial charge in [0.15, 0.2) is 0 Å². The fourth-order valence-corrected chi connectivity index (χ4v) is 2.16.